The van der Waals surface area contributed by atoms with E-state index in [0.29, 0.717) is 31.6 Å². The number of ether oxygens (including phenoxy) is 1. The summed E-state index contributed by atoms with van der Waals surface area (Å²) in [5, 5.41) is 2.80. The topological polar surface area (TPSA) is 75.7 Å². The molecule has 2 amide bonds. The van der Waals surface area contributed by atoms with E-state index in [2.05, 4.69) is 5.32 Å². The zero-order valence-corrected chi connectivity index (χ0v) is 16.4. The van der Waals surface area contributed by atoms with Crippen LogP contribution in [0.4, 0.5) is 19.3 Å². The zero-order chi connectivity index (χ0) is 21.7. The van der Waals surface area contributed by atoms with Crippen molar-refractivity contribution in [1.82, 2.24) is 4.90 Å². The Morgan fingerprint density at radius 3 is 2.33 bits per heavy atom. The molecule has 1 aliphatic rings. The van der Waals surface area contributed by atoms with Crippen molar-refractivity contribution in [2.24, 2.45) is 5.92 Å². The van der Waals surface area contributed by atoms with E-state index in [4.69, 9.17) is 4.74 Å². The fourth-order valence-electron chi connectivity index (χ4n) is 3.25. The summed E-state index contributed by atoms with van der Waals surface area (Å²) in [5.74, 6) is -3.78. The molecule has 3 rings (SSSR count). The third kappa shape index (κ3) is 5.20. The van der Waals surface area contributed by atoms with Gasteiger partial charge in [-0.25, -0.2) is 13.6 Å². The van der Waals surface area contributed by atoms with E-state index in [1.54, 1.807) is 17.0 Å². The maximum atomic E-state index is 13.3. The van der Waals surface area contributed by atoms with Gasteiger partial charge in [-0.05, 0) is 50.1 Å². The fourth-order valence-corrected chi connectivity index (χ4v) is 3.25. The quantitative estimate of drug-likeness (QED) is 0.590. The summed E-state index contributed by atoms with van der Waals surface area (Å²) in [6, 6.07) is 11.6. The second-order valence-corrected chi connectivity index (χ2v) is 7.13. The van der Waals surface area contributed by atoms with Crippen molar-refractivity contribution in [1.29, 1.82) is 0 Å². The van der Waals surface area contributed by atoms with Gasteiger partial charge in [0, 0.05) is 24.3 Å². The first kappa shape index (κ1) is 21.4. The van der Waals surface area contributed by atoms with E-state index in [-0.39, 0.29) is 11.6 Å². The number of piperidine rings is 1. The van der Waals surface area contributed by atoms with E-state index in [0.717, 1.165) is 18.2 Å². The Morgan fingerprint density at radius 2 is 1.70 bits per heavy atom. The van der Waals surface area contributed by atoms with Gasteiger partial charge in [0.05, 0.1) is 5.92 Å². The first-order chi connectivity index (χ1) is 14.3. The predicted octanol–water partition coefficient (Wildman–Crippen LogP) is 4.02. The van der Waals surface area contributed by atoms with Gasteiger partial charge in [-0.3, -0.25) is 9.59 Å². The summed E-state index contributed by atoms with van der Waals surface area (Å²) in [6.45, 7) is 2.15. The zero-order valence-electron chi connectivity index (χ0n) is 16.4. The van der Waals surface area contributed by atoms with Crippen LogP contribution in [0.15, 0.2) is 48.5 Å². The molecule has 0 saturated carbocycles. The summed E-state index contributed by atoms with van der Waals surface area (Å²) in [5.41, 5.74) is 0.621. The van der Waals surface area contributed by atoms with E-state index in [1.807, 2.05) is 18.2 Å². The van der Waals surface area contributed by atoms with Crippen molar-refractivity contribution in [2.45, 2.75) is 25.9 Å². The Morgan fingerprint density at radius 1 is 1.03 bits per heavy atom. The number of urea groups is 1. The summed E-state index contributed by atoms with van der Waals surface area (Å²) >= 11 is 0. The van der Waals surface area contributed by atoms with Gasteiger partial charge in [0.15, 0.2) is 17.7 Å². The predicted molar refractivity (Wildman–Crippen MR) is 106 cm³/mol. The van der Waals surface area contributed by atoms with Crippen LogP contribution in [0, 0.1) is 17.6 Å². The van der Waals surface area contributed by atoms with Gasteiger partial charge in [0.25, 0.3) is 0 Å². The number of nitrogens with one attached hydrogen (secondary N) is 1. The molecule has 0 aromatic heterocycles. The van der Waals surface area contributed by atoms with E-state index < -0.39 is 35.4 Å². The molecule has 1 aliphatic heterocycles. The van der Waals surface area contributed by atoms with Gasteiger partial charge < -0.3 is 15.0 Å². The molecular formula is C22H22F2N2O4. The van der Waals surface area contributed by atoms with Crippen LogP contribution in [0.2, 0.25) is 0 Å². The third-order valence-electron chi connectivity index (χ3n) is 5.01. The molecule has 1 fully saturated rings. The van der Waals surface area contributed by atoms with Gasteiger partial charge >= 0.3 is 12.0 Å². The number of likely N-dealkylation sites (tertiary alicyclic amines) is 1. The van der Waals surface area contributed by atoms with Gasteiger partial charge in [-0.15, -0.1) is 0 Å². The number of para-hydroxylation sites is 1. The minimum atomic E-state index is -1.14. The smallest absolute Gasteiger partial charge is 0.321 e. The minimum absolute atomic E-state index is 0.0680. The monoisotopic (exact) mass is 416 g/mol. The third-order valence-corrected chi connectivity index (χ3v) is 5.01. The number of hydrogen-bond acceptors (Lipinski definition) is 4. The molecule has 158 valence electrons. The second kappa shape index (κ2) is 9.47. The van der Waals surface area contributed by atoms with Crippen LogP contribution in [0.1, 0.15) is 30.1 Å². The highest BCUT2D eigenvalue weighted by molar-refractivity contribution is 6.00. The normalized spacial score (nSPS) is 15.4. The summed E-state index contributed by atoms with van der Waals surface area (Å²) in [7, 11) is 0. The number of hydrogen-bond donors (Lipinski definition) is 1. The summed E-state index contributed by atoms with van der Waals surface area (Å²) in [6.07, 6.45) is -0.304. The van der Waals surface area contributed by atoms with Crippen LogP contribution in [-0.2, 0) is 9.53 Å². The molecule has 6 nitrogen and oxygen atoms in total. The molecule has 0 radical (unpaired) electrons. The molecular weight excluding hydrogens is 394 g/mol. The van der Waals surface area contributed by atoms with Crippen molar-refractivity contribution in [2.75, 3.05) is 18.4 Å². The first-order valence-corrected chi connectivity index (χ1v) is 9.66. The molecule has 2 aromatic carbocycles. The van der Waals surface area contributed by atoms with Crippen molar-refractivity contribution in [3.8, 4) is 0 Å². The molecule has 1 saturated heterocycles. The van der Waals surface area contributed by atoms with Crippen LogP contribution >= 0.6 is 0 Å². The lowest BCUT2D eigenvalue weighted by molar-refractivity contribution is -0.152. The number of amides is 2. The van der Waals surface area contributed by atoms with Crippen LogP contribution in [-0.4, -0.2) is 41.9 Å². The van der Waals surface area contributed by atoms with Crippen molar-refractivity contribution >= 4 is 23.5 Å². The number of benzene rings is 2. The fraction of sp³-hybridized carbons (Fsp3) is 0.318. The Balaban J connectivity index is 1.49. The number of ketones is 1. The SMILES string of the molecule is C[C@H](OC(=O)C1CCN(C(=O)Nc2ccccc2)CC1)C(=O)c1ccc(F)c(F)c1. The molecule has 2 aromatic rings. The maximum Gasteiger partial charge on any atom is 0.321 e. The minimum Gasteiger partial charge on any atom is -0.454 e. The Kier molecular flexibility index (Phi) is 6.76. The van der Waals surface area contributed by atoms with E-state index in [1.165, 1.54) is 6.92 Å². The van der Waals surface area contributed by atoms with Crippen LogP contribution in [0.25, 0.3) is 0 Å². The van der Waals surface area contributed by atoms with E-state index >= 15 is 0 Å². The van der Waals surface area contributed by atoms with Crippen LogP contribution in [0.3, 0.4) is 0 Å². The molecule has 0 spiro atoms. The molecule has 1 N–H and O–H groups in total. The first-order valence-electron chi connectivity index (χ1n) is 9.66. The Labute approximate surface area is 172 Å². The number of anilines is 1. The van der Waals surface area contributed by atoms with Crippen LogP contribution in [0.5, 0.6) is 0 Å². The highest BCUT2D eigenvalue weighted by Crippen LogP contribution is 2.21. The standard InChI is InChI=1S/C22H22F2N2O4/c1-14(20(27)16-7-8-18(23)19(24)13-16)30-21(28)15-9-11-26(12-10-15)22(29)25-17-5-3-2-4-6-17/h2-8,13-15H,9-12H2,1H3,(H,25,29)/t14-/m0/s1. The van der Waals surface area contributed by atoms with Gasteiger partial charge in [0.2, 0.25) is 5.78 Å². The van der Waals surface area contributed by atoms with Crippen molar-refractivity contribution < 1.29 is 27.9 Å². The van der Waals surface area contributed by atoms with Crippen molar-refractivity contribution in [3.05, 3.63) is 65.7 Å². The number of nitrogens with zero attached hydrogens (tertiary/aromatic N) is 1. The molecule has 0 aliphatic carbocycles. The average molecular weight is 416 g/mol. The lowest BCUT2D eigenvalue weighted by atomic mass is 9.97. The number of carbonyl (C=O) groups excluding carboxylic acids is 3. The second-order valence-electron chi connectivity index (χ2n) is 7.13. The number of rotatable bonds is 5. The number of Topliss-reactive ketones (excluding diaryl/α,β-unsaturated/α-hetero) is 1. The average Bonchev–Trinajstić information content (AvgIpc) is 2.75. The maximum absolute atomic E-state index is 13.3. The van der Waals surface area contributed by atoms with Gasteiger partial charge in [0.1, 0.15) is 0 Å². The molecule has 30 heavy (non-hydrogen) atoms. The van der Waals surface area contributed by atoms with E-state index in [9.17, 15) is 23.2 Å². The van der Waals surface area contributed by atoms with Gasteiger partial charge in [-0.2, -0.15) is 0 Å². The number of carbonyl (C=O) groups is 3. The molecule has 0 unspecified atom stereocenters. The molecule has 1 heterocycles. The van der Waals surface area contributed by atoms with Crippen LogP contribution < -0.4 is 5.32 Å². The van der Waals surface area contributed by atoms with Gasteiger partial charge in [-0.1, -0.05) is 18.2 Å². The molecule has 1 atom stereocenters. The largest absolute Gasteiger partial charge is 0.454 e. The lowest BCUT2D eigenvalue weighted by Gasteiger charge is -2.31. The molecule has 0 bridgehead atoms. The summed E-state index contributed by atoms with van der Waals surface area (Å²) < 4.78 is 31.6. The Bertz CT molecular complexity index is 928. The Hall–Kier alpha value is -3.29. The highest BCUT2D eigenvalue weighted by atomic mass is 19.2. The number of esters is 1. The summed E-state index contributed by atoms with van der Waals surface area (Å²) in [4.78, 5) is 38.7. The lowest BCUT2D eigenvalue weighted by Crippen LogP contribution is -2.43. The van der Waals surface area contributed by atoms with Crippen molar-refractivity contribution in [3.63, 3.8) is 0 Å². The highest BCUT2D eigenvalue weighted by Gasteiger charge is 2.30. The molecule has 8 heteroatoms. The number of halogens is 2.